The molecule has 0 aliphatic heterocycles. The summed E-state index contributed by atoms with van der Waals surface area (Å²) in [6, 6.07) is 3.02. The highest BCUT2D eigenvalue weighted by molar-refractivity contribution is 5.86. The summed E-state index contributed by atoms with van der Waals surface area (Å²) in [5, 5.41) is 8.78. The third-order valence-electron chi connectivity index (χ3n) is 2.15. The Morgan fingerprint density at radius 1 is 1.44 bits per heavy atom. The van der Waals surface area contributed by atoms with Crippen LogP contribution in [-0.4, -0.2) is 15.6 Å². The first-order chi connectivity index (χ1) is 7.66. The van der Waals surface area contributed by atoms with Crippen molar-refractivity contribution in [3.8, 4) is 0 Å². The van der Waals surface area contributed by atoms with Crippen molar-refractivity contribution in [2.45, 2.75) is 6.54 Å². The average molecular weight is 219 g/mol. The second kappa shape index (κ2) is 4.06. The zero-order chi connectivity index (χ0) is 11.5. The first-order valence-electron chi connectivity index (χ1n) is 4.61. The highest BCUT2D eigenvalue weighted by Gasteiger charge is 2.08. The normalized spacial score (nSPS) is 10.2. The molecule has 0 atom stereocenters. The van der Waals surface area contributed by atoms with Crippen LogP contribution in [0.3, 0.4) is 0 Å². The lowest BCUT2D eigenvalue weighted by atomic mass is 10.2. The number of carboxylic acids is 1. The molecule has 2 rings (SSSR count). The summed E-state index contributed by atoms with van der Waals surface area (Å²) in [7, 11) is 0. The first-order valence-corrected chi connectivity index (χ1v) is 4.61. The van der Waals surface area contributed by atoms with Crippen molar-refractivity contribution in [3.63, 3.8) is 0 Å². The van der Waals surface area contributed by atoms with E-state index in [-0.39, 0.29) is 5.56 Å². The van der Waals surface area contributed by atoms with Crippen LogP contribution in [0.4, 0.5) is 0 Å². The number of furan rings is 1. The van der Waals surface area contributed by atoms with E-state index in [1.54, 1.807) is 23.1 Å². The highest BCUT2D eigenvalue weighted by Crippen LogP contribution is 2.03. The number of aromatic nitrogens is 1. The zero-order valence-electron chi connectivity index (χ0n) is 8.29. The Morgan fingerprint density at radius 3 is 2.88 bits per heavy atom. The van der Waals surface area contributed by atoms with Gasteiger partial charge in [-0.1, -0.05) is 0 Å². The van der Waals surface area contributed by atoms with Crippen LogP contribution in [0.15, 0.2) is 46.3 Å². The highest BCUT2D eigenvalue weighted by atomic mass is 16.4. The van der Waals surface area contributed by atoms with Gasteiger partial charge in [0.1, 0.15) is 5.56 Å². The maximum atomic E-state index is 11.2. The Bertz CT molecular complexity index is 554. The fourth-order valence-electron chi connectivity index (χ4n) is 1.38. The van der Waals surface area contributed by atoms with E-state index < -0.39 is 11.4 Å². The van der Waals surface area contributed by atoms with E-state index in [0.29, 0.717) is 6.54 Å². The third kappa shape index (κ3) is 2.03. The SMILES string of the molecule is O=C(O)c1cn(Cc2ccoc2)ccc1=O. The number of nitrogens with zero attached hydrogens (tertiary/aromatic N) is 1. The van der Waals surface area contributed by atoms with Gasteiger partial charge in [-0.2, -0.15) is 0 Å². The summed E-state index contributed by atoms with van der Waals surface area (Å²) in [4.78, 5) is 21.9. The van der Waals surface area contributed by atoms with Gasteiger partial charge in [0.2, 0.25) is 0 Å². The topological polar surface area (TPSA) is 72.4 Å². The van der Waals surface area contributed by atoms with Gasteiger partial charge >= 0.3 is 5.97 Å². The van der Waals surface area contributed by atoms with Crippen LogP contribution in [-0.2, 0) is 6.54 Å². The van der Waals surface area contributed by atoms with Crippen molar-refractivity contribution < 1.29 is 14.3 Å². The van der Waals surface area contributed by atoms with Crippen molar-refractivity contribution in [3.05, 3.63) is 58.4 Å². The predicted octanol–water partition coefficient (Wildman–Crippen LogP) is 1.19. The standard InChI is InChI=1S/C11H9NO4/c13-10-1-3-12(6-9(10)11(14)15)5-8-2-4-16-7-8/h1-4,6-7H,5H2,(H,14,15). The van der Waals surface area contributed by atoms with Crippen molar-refractivity contribution in [1.82, 2.24) is 4.57 Å². The van der Waals surface area contributed by atoms with Crippen molar-refractivity contribution in [1.29, 1.82) is 0 Å². The third-order valence-corrected chi connectivity index (χ3v) is 2.15. The molecule has 2 aromatic rings. The van der Waals surface area contributed by atoms with Gasteiger partial charge in [0.05, 0.1) is 19.1 Å². The van der Waals surface area contributed by atoms with Gasteiger partial charge < -0.3 is 14.1 Å². The van der Waals surface area contributed by atoms with Gasteiger partial charge in [-0.05, 0) is 6.07 Å². The van der Waals surface area contributed by atoms with Crippen LogP contribution >= 0.6 is 0 Å². The Kier molecular flexibility index (Phi) is 2.59. The average Bonchev–Trinajstić information content (AvgIpc) is 2.73. The molecule has 0 radical (unpaired) electrons. The quantitative estimate of drug-likeness (QED) is 0.841. The lowest BCUT2D eigenvalue weighted by molar-refractivity contribution is 0.0694. The van der Waals surface area contributed by atoms with Gasteiger partial charge in [-0.25, -0.2) is 4.79 Å². The lowest BCUT2D eigenvalue weighted by Crippen LogP contribution is -2.16. The van der Waals surface area contributed by atoms with Crippen LogP contribution in [0.1, 0.15) is 15.9 Å². The summed E-state index contributed by atoms with van der Waals surface area (Å²) >= 11 is 0. The van der Waals surface area contributed by atoms with E-state index in [4.69, 9.17) is 9.52 Å². The zero-order valence-corrected chi connectivity index (χ0v) is 8.29. The molecule has 5 heteroatoms. The van der Waals surface area contributed by atoms with Gasteiger partial charge in [-0.3, -0.25) is 4.79 Å². The van der Waals surface area contributed by atoms with Gasteiger partial charge in [0.25, 0.3) is 0 Å². The maximum Gasteiger partial charge on any atom is 0.341 e. The van der Waals surface area contributed by atoms with Crippen molar-refractivity contribution in [2.75, 3.05) is 0 Å². The minimum absolute atomic E-state index is 0.231. The molecule has 0 unspecified atom stereocenters. The Balaban J connectivity index is 2.33. The molecule has 0 aromatic carbocycles. The van der Waals surface area contributed by atoms with E-state index in [9.17, 15) is 9.59 Å². The van der Waals surface area contributed by atoms with E-state index >= 15 is 0 Å². The fraction of sp³-hybridized carbons (Fsp3) is 0.0909. The molecule has 0 fully saturated rings. The minimum Gasteiger partial charge on any atom is -0.477 e. The number of pyridine rings is 1. The molecule has 0 aliphatic rings. The van der Waals surface area contributed by atoms with Crippen molar-refractivity contribution in [2.24, 2.45) is 0 Å². The predicted molar refractivity (Wildman–Crippen MR) is 55.5 cm³/mol. The van der Waals surface area contributed by atoms with E-state index in [1.165, 1.54) is 18.5 Å². The van der Waals surface area contributed by atoms with E-state index in [0.717, 1.165) is 5.56 Å². The molecule has 0 saturated heterocycles. The molecule has 2 heterocycles. The van der Waals surface area contributed by atoms with Gasteiger partial charge in [0, 0.05) is 24.0 Å². The second-order valence-corrected chi connectivity index (χ2v) is 3.33. The molecule has 1 N–H and O–H groups in total. The summed E-state index contributed by atoms with van der Waals surface area (Å²) in [6.45, 7) is 0.469. The van der Waals surface area contributed by atoms with Gasteiger partial charge in [-0.15, -0.1) is 0 Å². The molecule has 5 nitrogen and oxygen atoms in total. The number of carboxylic acid groups (broad SMARTS) is 1. The number of aromatic carboxylic acids is 1. The Hall–Kier alpha value is -2.30. The molecule has 0 bridgehead atoms. The molecular formula is C11H9NO4. The van der Waals surface area contributed by atoms with Crippen LogP contribution in [0.5, 0.6) is 0 Å². The molecular weight excluding hydrogens is 210 g/mol. The van der Waals surface area contributed by atoms with Crippen LogP contribution in [0, 0.1) is 0 Å². The summed E-state index contributed by atoms with van der Waals surface area (Å²) in [5.74, 6) is -1.22. The summed E-state index contributed by atoms with van der Waals surface area (Å²) < 4.78 is 6.52. The van der Waals surface area contributed by atoms with E-state index in [2.05, 4.69) is 0 Å². The maximum absolute atomic E-state index is 11.2. The number of hydrogen-bond donors (Lipinski definition) is 1. The largest absolute Gasteiger partial charge is 0.477 e. The molecule has 0 amide bonds. The number of rotatable bonds is 3. The Morgan fingerprint density at radius 2 is 2.25 bits per heavy atom. The smallest absolute Gasteiger partial charge is 0.341 e. The van der Waals surface area contributed by atoms with E-state index in [1.807, 2.05) is 0 Å². The van der Waals surface area contributed by atoms with Crippen LogP contribution < -0.4 is 5.43 Å². The monoisotopic (exact) mass is 219 g/mol. The first kappa shape index (κ1) is 10.2. The number of hydrogen-bond acceptors (Lipinski definition) is 3. The Labute approximate surface area is 90.6 Å². The minimum atomic E-state index is -1.22. The van der Waals surface area contributed by atoms with Crippen LogP contribution in [0.2, 0.25) is 0 Å². The number of carbonyl (C=O) groups is 1. The summed E-state index contributed by atoms with van der Waals surface area (Å²) in [5.41, 5.74) is 0.182. The lowest BCUT2D eigenvalue weighted by Gasteiger charge is -2.04. The second-order valence-electron chi connectivity index (χ2n) is 3.33. The molecule has 0 saturated carbocycles. The van der Waals surface area contributed by atoms with Crippen molar-refractivity contribution >= 4 is 5.97 Å². The molecule has 0 aliphatic carbocycles. The molecule has 16 heavy (non-hydrogen) atoms. The summed E-state index contributed by atoms with van der Waals surface area (Å²) in [6.07, 6.45) is 5.97. The fourth-order valence-corrected chi connectivity index (χ4v) is 1.38. The molecule has 2 aromatic heterocycles. The molecule has 0 spiro atoms. The van der Waals surface area contributed by atoms with Gasteiger partial charge in [0.15, 0.2) is 5.43 Å². The van der Waals surface area contributed by atoms with Crippen LogP contribution in [0.25, 0.3) is 0 Å². The molecule has 82 valence electrons.